The fraction of sp³-hybridized carbons (Fsp3) is 0.400. The Bertz CT molecular complexity index is 364. The Kier molecular flexibility index (Phi) is 1.90. The third kappa shape index (κ3) is 1.78. The Morgan fingerprint density at radius 3 is 3.00 bits per heavy atom. The molecule has 66 valence electrons. The first-order chi connectivity index (χ1) is 6.29. The summed E-state index contributed by atoms with van der Waals surface area (Å²) in [5.74, 6) is 0.678. The van der Waals surface area contributed by atoms with Gasteiger partial charge in [-0.15, -0.1) is 0 Å². The highest BCUT2D eigenvalue weighted by Gasteiger charge is 2.24. The summed E-state index contributed by atoms with van der Waals surface area (Å²) >= 11 is 0. The molecule has 0 aliphatic heterocycles. The van der Waals surface area contributed by atoms with Crippen molar-refractivity contribution in [2.45, 2.75) is 25.9 Å². The van der Waals surface area contributed by atoms with Crippen LogP contribution in [0.1, 0.15) is 24.1 Å². The van der Waals surface area contributed by atoms with Gasteiger partial charge < -0.3 is 4.74 Å². The maximum Gasteiger partial charge on any atom is 0.140 e. The number of ether oxygens (including phenoxy) is 1. The van der Waals surface area contributed by atoms with Crippen LogP contribution in [0.25, 0.3) is 0 Å². The van der Waals surface area contributed by atoms with Crippen LogP contribution >= 0.6 is 0 Å². The number of aromatic nitrogens is 1. The fourth-order valence-electron chi connectivity index (χ4n) is 1.08. The smallest absolute Gasteiger partial charge is 0.140 e. The topological polar surface area (TPSA) is 45.9 Å². The summed E-state index contributed by atoms with van der Waals surface area (Å²) in [5.41, 5.74) is 1.41. The predicted molar refractivity (Wildman–Crippen MR) is 47.3 cm³/mol. The average molecular weight is 174 g/mol. The van der Waals surface area contributed by atoms with Crippen LogP contribution in [-0.2, 0) is 0 Å². The maximum atomic E-state index is 8.77. The van der Waals surface area contributed by atoms with Crippen LogP contribution in [0.5, 0.6) is 5.75 Å². The van der Waals surface area contributed by atoms with E-state index in [1.807, 2.05) is 13.0 Å². The second kappa shape index (κ2) is 3.06. The van der Waals surface area contributed by atoms with E-state index in [1.165, 1.54) is 0 Å². The van der Waals surface area contributed by atoms with Crippen LogP contribution in [0.4, 0.5) is 0 Å². The van der Waals surface area contributed by atoms with Crippen molar-refractivity contribution >= 4 is 0 Å². The second-order valence-corrected chi connectivity index (χ2v) is 3.25. The van der Waals surface area contributed by atoms with Crippen LogP contribution in [0, 0.1) is 18.3 Å². The number of pyridine rings is 1. The molecule has 0 saturated heterocycles. The van der Waals surface area contributed by atoms with Gasteiger partial charge in [-0.3, -0.25) is 4.98 Å². The summed E-state index contributed by atoms with van der Waals surface area (Å²) in [6.45, 7) is 1.89. The van der Waals surface area contributed by atoms with Gasteiger partial charge in [-0.05, 0) is 19.8 Å². The van der Waals surface area contributed by atoms with Gasteiger partial charge in [-0.1, -0.05) is 0 Å². The minimum Gasteiger partial charge on any atom is -0.489 e. The number of rotatable bonds is 2. The molecule has 13 heavy (non-hydrogen) atoms. The fourth-order valence-corrected chi connectivity index (χ4v) is 1.08. The Morgan fingerprint density at radius 1 is 1.62 bits per heavy atom. The first-order valence-corrected chi connectivity index (χ1v) is 4.33. The monoisotopic (exact) mass is 174 g/mol. The lowest BCUT2D eigenvalue weighted by Crippen LogP contribution is -1.99. The molecule has 0 spiro atoms. The average Bonchev–Trinajstić information content (AvgIpc) is 2.89. The van der Waals surface area contributed by atoms with E-state index in [4.69, 9.17) is 10.00 Å². The van der Waals surface area contributed by atoms with Crippen molar-refractivity contribution in [3.63, 3.8) is 0 Å². The summed E-state index contributed by atoms with van der Waals surface area (Å²) in [4.78, 5) is 4.04. The van der Waals surface area contributed by atoms with Gasteiger partial charge in [0.15, 0.2) is 0 Å². The predicted octanol–water partition coefficient (Wildman–Crippen LogP) is 1.80. The summed E-state index contributed by atoms with van der Waals surface area (Å²) in [6, 6.07) is 3.88. The number of hydrogen-bond acceptors (Lipinski definition) is 3. The van der Waals surface area contributed by atoms with Gasteiger partial charge >= 0.3 is 0 Å². The zero-order chi connectivity index (χ0) is 9.26. The minimum absolute atomic E-state index is 0.328. The van der Waals surface area contributed by atoms with Crippen molar-refractivity contribution in [2.24, 2.45) is 0 Å². The SMILES string of the molecule is Cc1cc(OC2CC2)c(C#N)cn1. The molecule has 0 unspecified atom stereocenters. The molecule has 2 rings (SSSR count). The number of hydrogen-bond donors (Lipinski definition) is 0. The molecule has 0 atom stereocenters. The van der Waals surface area contributed by atoms with E-state index in [-0.39, 0.29) is 0 Å². The molecule has 0 radical (unpaired) electrons. The lowest BCUT2D eigenvalue weighted by molar-refractivity contribution is 0.301. The maximum absolute atomic E-state index is 8.77. The van der Waals surface area contributed by atoms with E-state index >= 15 is 0 Å². The highest BCUT2D eigenvalue weighted by Crippen LogP contribution is 2.28. The second-order valence-electron chi connectivity index (χ2n) is 3.25. The molecule has 1 saturated carbocycles. The lowest BCUT2D eigenvalue weighted by Gasteiger charge is -2.05. The molecule has 1 aromatic heterocycles. The van der Waals surface area contributed by atoms with E-state index in [0.29, 0.717) is 17.4 Å². The minimum atomic E-state index is 0.328. The van der Waals surface area contributed by atoms with Crippen LogP contribution in [0.2, 0.25) is 0 Å². The zero-order valence-electron chi connectivity index (χ0n) is 7.45. The van der Waals surface area contributed by atoms with Crippen LogP contribution in [0.3, 0.4) is 0 Å². The van der Waals surface area contributed by atoms with E-state index < -0.39 is 0 Å². The van der Waals surface area contributed by atoms with Gasteiger partial charge in [0.05, 0.1) is 6.10 Å². The first-order valence-electron chi connectivity index (χ1n) is 4.33. The zero-order valence-corrected chi connectivity index (χ0v) is 7.45. The molecule has 1 fully saturated rings. The normalized spacial score (nSPS) is 15.1. The van der Waals surface area contributed by atoms with Gasteiger partial charge in [0.1, 0.15) is 17.4 Å². The summed E-state index contributed by atoms with van der Waals surface area (Å²) < 4.78 is 5.57. The first kappa shape index (κ1) is 8.06. The largest absolute Gasteiger partial charge is 0.489 e. The van der Waals surface area contributed by atoms with Crippen molar-refractivity contribution in [1.82, 2.24) is 4.98 Å². The van der Waals surface area contributed by atoms with Crippen LogP contribution in [0.15, 0.2) is 12.3 Å². The molecule has 0 aromatic carbocycles. The van der Waals surface area contributed by atoms with Gasteiger partial charge in [-0.25, -0.2) is 0 Å². The van der Waals surface area contributed by atoms with E-state index in [1.54, 1.807) is 6.20 Å². The summed E-state index contributed by atoms with van der Waals surface area (Å²) in [7, 11) is 0. The third-order valence-corrected chi connectivity index (χ3v) is 1.94. The van der Waals surface area contributed by atoms with E-state index in [9.17, 15) is 0 Å². The van der Waals surface area contributed by atoms with Crippen molar-refractivity contribution in [2.75, 3.05) is 0 Å². The highest BCUT2D eigenvalue weighted by molar-refractivity contribution is 5.42. The number of nitriles is 1. The molecule has 0 amide bonds. The van der Waals surface area contributed by atoms with Crippen LogP contribution in [-0.4, -0.2) is 11.1 Å². The van der Waals surface area contributed by atoms with E-state index in [2.05, 4.69) is 11.1 Å². The van der Waals surface area contributed by atoms with Crippen LogP contribution < -0.4 is 4.74 Å². The molecular weight excluding hydrogens is 164 g/mol. The molecular formula is C10H10N2O. The third-order valence-electron chi connectivity index (χ3n) is 1.94. The van der Waals surface area contributed by atoms with Crippen molar-refractivity contribution in [3.8, 4) is 11.8 Å². The molecule has 0 bridgehead atoms. The molecule has 1 aromatic rings. The number of nitrogens with zero attached hydrogens (tertiary/aromatic N) is 2. The summed E-state index contributed by atoms with van der Waals surface area (Å²) in [6.07, 6.45) is 4.10. The Balaban J connectivity index is 2.29. The van der Waals surface area contributed by atoms with Gasteiger partial charge in [0, 0.05) is 18.0 Å². The molecule has 3 heteroatoms. The molecule has 0 N–H and O–H groups in total. The van der Waals surface area contributed by atoms with E-state index in [0.717, 1.165) is 18.5 Å². The Hall–Kier alpha value is -1.56. The Labute approximate surface area is 77.0 Å². The van der Waals surface area contributed by atoms with Gasteiger partial charge in [0.2, 0.25) is 0 Å². The van der Waals surface area contributed by atoms with Gasteiger partial charge in [-0.2, -0.15) is 5.26 Å². The van der Waals surface area contributed by atoms with Gasteiger partial charge in [0.25, 0.3) is 0 Å². The standard InChI is InChI=1S/C10H10N2O/c1-7-4-10(13-9-2-3-9)8(5-11)6-12-7/h4,6,9H,2-3H2,1H3. The Morgan fingerprint density at radius 2 is 2.38 bits per heavy atom. The van der Waals surface area contributed by atoms with Crippen molar-refractivity contribution < 1.29 is 4.74 Å². The molecule has 1 heterocycles. The molecule has 3 nitrogen and oxygen atoms in total. The number of aryl methyl sites for hydroxylation is 1. The highest BCUT2D eigenvalue weighted by atomic mass is 16.5. The van der Waals surface area contributed by atoms with Crippen molar-refractivity contribution in [1.29, 1.82) is 5.26 Å². The lowest BCUT2D eigenvalue weighted by atomic mass is 10.2. The van der Waals surface area contributed by atoms with Crippen molar-refractivity contribution in [3.05, 3.63) is 23.5 Å². The summed E-state index contributed by atoms with van der Waals surface area (Å²) in [5, 5.41) is 8.77. The molecule has 1 aliphatic carbocycles. The quantitative estimate of drug-likeness (QED) is 0.686. The molecule has 1 aliphatic rings.